The first-order valence-electron chi connectivity index (χ1n) is 13.2. The highest BCUT2D eigenvalue weighted by Gasteiger charge is 2.28. The number of aromatic nitrogens is 1. The van der Waals surface area contributed by atoms with E-state index in [2.05, 4.69) is 16.0 Å². The first kappa shape index (κ1) is 31.7. The normalized spacial score (nSPS) is 11.2. The lowest BCUT2D eigenvalue weighted by molar-refractivity contribution is -0.137. The summed E-state index contributed by atoms with van der Waals surface area (Å²) in [6, 6.07) is 13.4. The number of carboxylic acid groups (broad SMARTS) is 1. The summed E-state index contributed by atoms with van der Waals surface area (Å²) in [5.74, 6) is -1.12. The predicted octanol–water partition coefficient (Wildman–Crippen LogP) is 4.46. The van der Waals surface area contributed by atoms with Crippen molar-refractivity contribution in [2.75, 3.05) is 23.4 Å². The first-order chi connectivity index (χ1) is 20.0. The number of carbonyl (C=O) groups is 4. The van der Waals surface area contributed by atoms with E-state index in [0.29, 0.717) is 16.1 Å². The van der Waals surface area contributed by atoms with Gasteiger partial charge < -0.3 is 21.1 Å². The first-order valence-corrected chi connectivity index (χ1v) is 13.6. The molecule has 0 unspecified atom stereocenters. The van der Waals surface area contributed by atoms with Crippen LogP contribution in [-0.2, 0) is 11.3 Å². The number of hydrogen-bond acceptors (Lipinski definition) is 5. The van der Waals surface area contributed by atoms with E-state index < -0.39 is 35.7 Å². The number of benzene rings is 2. The molecule has 1 atom stereocenters. The Hall–Kier alpha value is -4.84. The lowest BCUT2D eigenvalue weighted by Gasteiger charge is -2.30. The van der Waals surface area contributed by atoms with Crippen molar-refractivity contribution >= 4 is 41.4 Å². The minimum Gasteiger partial charge on any atom is -0.481 e. The Morgan fingerprint density at radius 2 is 1.69 bits per heavy atom. The molecular weight excluding hydrogens is 564 g/mol. The highest BCUT2D eigenvalue weighted by atomic mass is 35.5. The molecule has 42 heavy (non-hydrogen) atoms. The molecule has 0 aliphatic carbocycles. The fraction of sp³-hybridized carbons (Fsp3) is 0.276. The zero-order valence-electron chi connectivity index (χ0n) is 23.5. The molecule has 6 amide bonds. The van der Waals surface area contributed by atoms with Gasteiger partial charge in [-0.15, -0.1) is 0 Å². The van der Waals surface area contributed by atoms with Gasteiger partial charge in [0.25, 0.3) is 5.56 Å². The van der Waals surface area contributed by atoms with Gasteiger partial charge in [0.1, 0.15) is 5.69 Å². The standard InChI is InChI=1S/C29H33ClN6O6/c1-4-31-28(41)34(5-2)29(42)36(18-21-9-6-7-10-22(21)30)35-16-8-11-23(26(35)39)32-27(40)33-24(17-25(37)38)20-14-12-19(3)13-15-20/h6-16,24H,4-5,17-18H2,1-3H3,(H,31,41)(H,37,38)(H2,32,33,40)/t24-/m0/s1. The van der Waals surface area contributed by atoms with Gasteiger partial charge in [-0.3, -0.25) is 9.59 Å². The summed E-state index contributed by atoms with van der Waals surface area (Å²) < 4.78 is 0.984. The molecule has 3 rings (SSSR count). The van der Waals surface area contributed by atoms with Gasteiger partial charge in [-0.25, -0.2) is 29.0 Å². The van der Waals surface area contributed by atoms with Gasteiger partial charge in [0.2, 0.25) is 0 Å². The number of imide groups is 1. The molecule has 0 saturated heterocycles. The number of pyridine rings is 1. The predicted molar refractivity (Wildman–Crippen MR) is 159 cm³/mol. The fourth-order valence-electron chi connectivity index (χ4n) is 4.09. The van der Waals surface area contributed by atoms with Crippen LogP contribution in [-0.4, -0.2) is 51.8 Å². The number of urea groups is 3. The summed E-state index contributed by atoms with van der Waals surface area (Å²) >= 11 is 6.34. The maximum Gasteiger partial charge on any atom is 0.347 e. The van der Waals surface area contributed by atoms with Gasteiger partial charge in [-0.05, 0) is 50.1 Å². The van der Waals surface area contributed by atoms with Crippen molar-refractivity contribution in [2.24, 2.45) is 0 Å². The van der Waals surface area contributed by atoms with Gasteiger partial charge in [0.05, 0.1) is 19.0 Å². The van der Waals surface area contributed by atoms with Crippen LogP contribution in [0.25, 0.3) is 0 Å². The largest absolute Gasteiger partial charge is 0.481 e. The van der Waals surface area contributed by atoms with Gasteiger partial charge in [-0.1, -0.05) is 59.6 Å². The average molecular weight is 597 g/mol. The Labute approximate surface area is 247 Å². The van der Waals surface area contributed by atoms with E-state index in [9.17, 15) is 29.1 Å². The third-order valence-corrected chi connectivity index (χ3v) is 6.59. The van der Waals surface area contributed by atoms with Crippen LogP contribution in [0.4, 0.5) is 20.1 Å². The van der Waals surface area contributed by atoms with Gasteiger partial charge >= 0.3 is 24.1 Å². The van der Waals surface area contributed by atoms with Crippen molar-refractivity contribution in [1.29, 1.82) is 0 Å². The van der Waals surface area contributed by atoms with Crippen LogP contribution < -0.4 is 26.5 Å². The number of halogens is 1. The Balaban J connectivity index is 1.95. The molecule has 13 heteroatoms. The smallest absolute Gasteiger partial charge is 0.347 e. The van der Waals surface area contributed by atoms with Crippen LogP contribution in [0.2, 0.25) is 5.02 Å². The Morgan fingerprint density at radius 3 is 2.31 bits per heavy atom. The molecule has 0 fully saturated rings. The number of nitrogens with one attached hydrogen (secondary N) is 3. The monoisotopic (exact) mass is 596 g/mol. The summed E-state index contributed by atoms with van der Waals surface area (Å²) in [7, 11) is 0. The summed E-state index contributed by atoms with van der Waals surface area (Å²) in [6.07, 6.45) is 0.938. The van der Waals surface area contributed by atoms with Crippen LogP contribution in [0.3, 0.4) is 0 Å². The lowest BCUT2D eigenvalue weighted by Crippen LogP contribution is -2.55. The van der Waals surface area contributed by atoms with Crippen molar-refractivity contribution in [2.45, 2.75) is 39.8 Å². The van der Waals surface area contributed by atoms with Crippen molar-refractivity contribution in [3.05, 3.63) is 98.9 Å². The van der Waals surface area contributed by atoms with Crippen molar-refractivity contribution in [3.8, 4) is 0 Å². The van der Waals surface area contributed by atoms with Crippen LogP contribution in [0.15, 0.2) is 71.7 Å². The third kappa shape index (κ3) is 8.10. The molecule has 222 valence electrons. The molecule has 0 bridgehead atoms. The average Bonchev–Trinajstić information content (AvgIpc) is 2.94. The van der Waals surface area contributed by atoms with Crippen LogP contribution in [0.5, 0.6) is 0 Å². The maximum absolute atomic E-state index is 13.7. The summed E-state index contributed by atoms with van der Waals surface area (Å²) in [5, 5.41) is 18.4. The van der Waals surface area contributed by atoms with E-state index in [1.54, 1.807) is 62.4 Å². The molecule has 0 aliphatic rings. The minimum absolute atomic E-state index is 0.0166. The van der Waals surface area contributed by atoms with Gasteiger partial charge in [-0.2, -0.15) is 0 Å². The number of nitrogens with zero attached hydrogens (tertiary/aromatic N) is 3. The summed E-state index contributed by atoms with van der Waals surface area (Å²) in [6.45, 7) is 5.34. The number of anilines is 1. The van der Waals surface area contributed by atoms with Crippen molar-refractivity contribution in [3.63, 3.8) is 0 Å². The summed E-state index contributed by atoms with van der Waals surface area (Å²) in [4.78, 5) is 65.2. The van der Waals surface area contributed by atoms with Crippen LogP contribution >= 0.6 is 11.6 Å². The molecule has 0 radical (unpaired) electrons. The molecule has 0 saturated carbocycles. The number of carboxylic acids is 1. The molecule has 2 aromatic carbocycles. The lowest BCUT2D eigenvalue weighted by atomic mass is 10.0. The van der Waals surface area contributed by atoms with Gasteiger partial charge in [0.15, 0.2) is 0 Å². The Kier molecular flexibility index (Phi) is 11.1. The molecule has 3 aromatic rings. The molecule has 1 aromatic heterocycles. The zero-order valence-corrected chi connectivity index (χ0v) is 24.2. The van der Waals surface area contributed by atoms with Crippen molar-refractivity contribution < 1.29 is 24.3 Å². The van der Waals surface area contributed by atoms with E-state index in [1.165, 1.54) is 18.3 Å². The minimum atomic E-state index is -1.12. The van der Waals surface area contributed by atoms with E-state index in [1.807, 2.05) is 6.92 Å². The van der Waals surface area contributed by atoms with E-state index in [4.69, 9.17) is 11.6 Å². The summed E-state index contributed by atoms with van der Waals surface area (Å²) in [5.41, 5.74) is 1.09. The van der Waals surface area contributed by atoms with E-state index >= 15 is 0 Å². The second-order valence-corrected chi connectivity index (χ2v) is 9.65. The second kappa shape index (κ2) is 14.7. The van der Waals surface area contributed by atoms with Gasteiger partial charge in [0, 0.05) is 24.3 Å². The molecule has 4 N–H and O–H groups in total. The number of rotatable bonds is 10. The topological polar surface area (TPSA) is 153 Å². The molecule has 1 heterocycles. The number of aryl methyl sites for hydroxylation is 1. The quantitative estimate of drug-likeness (QED) is 0.271. The zero-order chi connectivity index (χ0) is 30.8. The van der Waals surface area contributed by atoms with Crippen molar-refractivity contribution in [1.82, 2.24) is 20.2 Å². The highest BCUT2D eigenvalue weighted by Crippen LogP contribution is 2.19. The second-order valence-electron chi connectivity index (χ2n) is 9.24. The Bertz CT molecular complexity index is 1490. The maximum atomic E-state index is 13.7. The third-order valence-electron chi connectivity index (χ3n) is 6.22. The number of hydrogen-bond donors (Lipinski definition) is 4. The number of amides is 6. The van der Waals surface area contributed by atoms with E-state index in [0.717, 1.165) is 20.1 Å². The van der Waals surface area contributed by atoms with E-state index in [-0.39, 0.29) is 31.7 Å². The number of carbonyl (C=O) groups excluding carboxylic acids is 3. The van der Waals surface area contributed by atoms with Crippen LogP contribution in [0, 0.1) is 6.92 Å². The highest BCUT2D eigenvalue weighted by molar-refractivity contribution is 6.31. The Morgan fingerprint density at radius 1 is 1.00 bits per heavy atom. The number of aliphatic carboxylic acids is 1. The SMILES string of the molecule is CCNC(=O)N(CC)C(=O)N(Cc1ccccc1Cl)n1cccc(NC(=O)N[C@@H](CC(=O)O)c2ccc(C)cc2)c1=O. The molecule has 0 spiro atoms. The molecule has 12 nitrogen and oxygen atoms in total. The fourth-order valence-corrected chi connectivity index (χ4v) is 4.28. The molecular formula is C29H33ClN6O6. The molecule has 0 aliphatic heterocycles. The van der Waals surface area contributed by atoms with Crippen LogP contribution in [0.1, 0.15) is 43.0 Å².